The molecule has 2 N–H and O–H groups in total. The van der Waals surface area contributed by atoms with Gasteiger partial charge < -0.3 is 19.9 Å². The topological polar surface area (TPSA) is 67.8 Å². The van der Waals surface area contributed by atoms with E-state index >= 15 is 0 Å². The van der Waals surface area contributed by atoms with Crippen molar-refractivity contribution in [3.8, 4) is 0 Å². The average Bonchev–Trinajstić information content (AvgIpc) is 3.25. The Labute approximate surface area is 144 Å². The highest BCUT2D eigenvalue weighted by Crippen LogP contribution is 2.49. The van der Waals surface area contributed by atoms with Crippen LogP contribution in [0.2, 0.25) is 0 Å². The lowest BCUT2D eigenvalue weighted by atomic mass is 9.98. The molecule has 0 radical (unpaired) electrons. The standard InChI is InChI=1S/C19H29NO4/c1-18(2,3)24-17(22)20-16(12-21)11-19(9-10-19)14-23-13-15-7-5-4-6-8-15/h4-8,16,21H,9-14H2,1-3H3,(H,20,22)/t16-/m0/s1. The molecule has 1 amide bonds. The molecule has 0 unspecified atom stereocenters. The minimum Gasteiger partial charge on any atom is -0.444 e. The molecule has 5 nitrogen and oxygen atoms in total. The summed E-state index contributed by atoms with van der Waals surface area (Å²) >= 11 is 0. The monoisotopic (exact) mass is 335 g/mol. The van der Waals surface area contributed by atoms with E-state index in [2.05, 4.69) is 5.32 Å². The van der Waals surface area contributed by atoms with E-state index in [1.54, 1.807) is 0 Å². The average molecular weight is 335 g/mol. The fraction of sp³-hybridized carbons (Fsp3) is 0.632. The summed E-state index contributed by atoms with van der Waals surface area (Å²) in [5.41, 5.74) is 0.677. The van der Waals surface area contributed by atoms with Gasteiger partial charge in [-0.2, -0.15) is 0 Å². The van der Waals surface area contributed by atoms with Crippen LogP contribution in [0.15, 0.2) is 30.3 Å². The van der Waals surface area contributed by atoms with Crippen molar-refractivity contribution in [3.05, 3.63) is 35.9 Å². The van der Waals surface area contributed by atoms with Crippen molar-refractivity contribution >= 4 is 6.09 Å². The number of benzene rings is 1. The van der Waals surface area contributed by atoms with Crippen LogP contribution in [0, 0.1) is 5.41 Å². The Kier molecular flexibility index (Phi) is 6.24. The molecule has 1 saturated carbocycles. The largest absolute Gasteiger partial charge is 0.444 e. The number of hydrogen-bond acceptors (Lipinski definition) is 4. The first kappa shape index (κ1) is 18.7. The number of aliphatic hydroxyl groups excluding tert-OH is 1. The number of nitrogens with one attached hydrogen (secondary N) is 1. The summed E-state index contributed by atoms with van der Waals surface area (Å²) in [6.45, 7) is 6.60. The molecule has 0 saturated heterocycles. The van der Waals surface area contributed by atoms with Gasteiger partial charge in [-0.25, -0.2) is 4.79 Å². The van der Waals surface area contributed by atoms with E-state index in [4.69, 9.17) is 9.47 Å². The number of rotatable bonds is 8. The summed E-state index contributed by atoms with van der Waals surface area (Å²) in [5, 5.41) is 12.3. The van der Waals surface area contributed by atoms with Crippen molar-refractivity contribution in [1.29, 1.82) is 0 Å². The third-order valence-corrected chi connectivity index (χ3v) is 4.10. The van der Waals surface area contributed by atoms with Crippen LogP contribution >= 0.6 is 0 Å². The van der Waals surface area contributed by atoms with Crippen molar-refractivity contribution in [2.75, 3.05) is 13.2 Å². The summed E-state index contributed by atoms with van der Waals surface area (Å²) in [6.07, 6.45) is 2.35. The summed E-state index contributed by atoms with van der Waals surface area (Å²) in [6, 6.07) is 9.76. The molecule has 1 aromatic rings. The first-order chi connectivity index (χ1) is 11.3. The van der Waals surface area contributed by atoms with Crippen LogP contribution < -0.4 is 5.32 Å². The lowest BCUT2D eigenvalue weighted by molar-refractivity contribution is 0.0420. The van der Waals surface area contributed by atoms with Crippen LogP contribution in [0.4, 0.5) is 4.79 Å². The van der Waals surface area contributed by atoms with Crippen LogP contribution in [-0.2, 0) is 16.1 Å². The maximum absolute atomic E-state index is 11.9. The Morgan fingerprint density at radius 2 is 1.96 bits per heavy atom. The molecular formula is C19H29NO4. The number of amides is 1. The molecule has 0 aromatic heterocycles. The highest BCUT2D eigenvalue weighted by atomic mass is 16.6. The predicted octanol–water partition coefficient (Wildman–Crippen LogP) is 3.26. The fourth-order valence-corrected chi connectivity index (χ4v) is 2.70. The van der Waals surface area contributed by atoms with E-state index in [-0.39, 0.29) is 18.1 Å². The van der Waals surface area contributed by atoms with Crippen LogP contribution in [0.25, 0.3) is 0 Å². The first-order valence-corrected chi connectivity index (χ1v) is 8.54. The molecule has 0 aliphatic heterocycles. The molecule has 0 spiro atoms. The van der Waals surface area contributed by atoms with Crippen molar-refractivity contribution in [2.24, 2.45) is 5.41 Å². The summed E-state index contributed by atoms with van der Waals surface area (Å²) in [7, 11) is 0. The molecule has 1 aromatic carbocycles. The van der Waals surface area contributed by atoms with Gasteiger partial charge in [0.15, 0.2) is 0 Å². The van der Waals surface area contributed by atoms with Crippen LogP contribution in [0.3, 0.4) is 0 Å². The fourth-order valence-electron chi connectivity index (χ4n) is 2.70. The smallest absolute Gasteiger partial charge is 0.407 e. The minimum atomic E-state index is -0.542. The Bertz CT molecular complexity index is 520. The lowest BCUT2D eigenvalue weighted by Crippen LogP contribution is -2.42. The molecule has 1 fully saturated rings. The maximum atomic E-state index is 11.9. The Hall–Kier alpha value is -1.59. The Morgan fingerprint density at radius 3 is 2.50 bits per heavy atom. The summed E-state index contributed by atoms with van der Waals surface area (Å²) < 4.78 is 11.1. The van der Waals surface area contributed by atoms with Crippen molar-refractivity contribution in [1.82, 2.24) is 5.32 Å². The minimum absolute atomic E-state index is 0.0667. The van der Waals surface area contributed by atoms with Gasteiger partial charge >= 0.3 is 6.09 Å². The number of alkyl carbamates (subject to hydrolysis) is 1. The van der Waals surface area contributed by atoms with Crippen LogP contribution in [0.1, 0.15) is 45.6 Å². The van der Waals surface area contributed by atoms with Gasteiger partial charge in [-0.05, 0) is 51.0 Å². The van der Waals surface area contributed by atoms with E-state index in [1.165, 1.54) is 0 Å². The third kappa shape index (κ3) is 6.49. The van der Waals surface area contributed by atoms with E-state index in [0.29, 0.717) is 19.6 Å². The first-order valence-electron chi connectivity index (χ1n) is 8.54. The van der Waals surface area contributed by atoms with Gasteiger partial charge in [-0.1, -0.05) is 30.3 Å². The zero-order valence-corrected chi connectivity index (χ0v) is 14.9. The van der Waals surface area contributed by atoms with Crippen LogP contribution in [0.5, 0.6) is 0 Å². The number of hydrogen-bond donors (Lipinski definition) is 2. The lowest BCUT2D eigenvalue weighted by Gasteiger charge is -2.25. The normalized spacial score (nSPS) is 17.2. The van der Waals surface area contributed by atoms with Crippen molar-refractivity contribution < 1.29 is 19.4 Å². The molecule has 2 rings (SSSR count). The van der Waals surface area contributed by atoms with Crippen molar-refractivity contribution in [3.63, 3.8) is 0 Å². The number of carbonyl (C=O) groups excluding carboxylic acids is 1. The zero-order valence-electron chi connectivity index (χ0n) is 14.9. The van der Waals surface area contributed by atoms with Gasteiger partial charge in [0.1, 0.15) is 5.60 Å². The van der Waals surface area contributed by atoms with Gasteiger partial charge in [0.05, 0.1) is 25.9 Å². The molecule has 1 atom stereocenters. The quantitative estimate of drug-likeness (QED) is 0.765. The van der Waals surface area contributed by atoms with E-state index in [0.717, 1.165) is 18.4 Å². The zero-order chi connectivity index (χ0) is 17.6. The molecule has 134 valence electrons. The molecule has 0 bridgehead atoms. The second kappa shape index (κ2) is 7.99. The SMILES string of the molecule is CC(C)(C)OC(=O)N[C@H](CO)CC1(COCc2ccccc2)CC1. The van der Waals surface area contributed by atoms with Gasteiger partial charge in [-0.3, -0.25) is 0 Å². The highest BCUT2D eigenvalue weighted by Gasteiger charge is 2.44. The number of aliphatic hydroxyl groups is 1. The summed E-state index contributed by atoms with van der Waals surface area (Å²) in [4.78, 5) is 11.9. The molecule has 1 aliphatic rings. The Balaban J connectivity index is 1.76. The maximum Gasteiger partial charge on any atom is 0.407 e. The summed E-state index contributed by atoms with van der Waals surface area (Å²) in [5.74, 6) is 0. The van der Waals surface area contributed by atoms with Gasteiger partial charge in [0, 0.05) is 0 Å². The van der Waals surface area contributed by atoms with Gasteiger partial charge in [0.25, 0.3) is 0 Å². The second-order valence-corrected chi connectivity index (χ2v) is 7.71. The van der Waals surface area contributed by atoms with Gasteiger partial charge in [0.2, 0.25) is 0 Å². The van der Waals surface area contributed by atoms with E-state index in [1.807, 2.05) is 51.1 Å². The molecular weight excluding hydrogens is 306 g/mol. The highest BCUT2D eigenvalue weighted by molar-refractivity contribution is 5.68. The Morgan fingerprint density at radius 1 is 1.29 bits per heavy atom. The van der Waals surface area contributed by atoms with E-state index in [9.17, 15) is 9.90 Å². The third-order valence-electron chi connectivity index (χ3n) is 4.10. The van der Waals surface area contributed by atoms with Crippen molar-refractivity contribution in [2.45, 2.75) is 58.3 Å². The molecule has 5 heteroatoms. The molecule has 1 aliphatic carbocycles. The van der Waals surface area contributed by atoms with Crippen LogP contribution in [-0.4, -0.2) is 36.1 Å². The van der Waals surface area contributed by atoms with E-state index < -0.39 is 11.7 Å². The van der Waals surface area contributed by atoms with Gasteiger partial charge in [-0.15, -0.1) is 0 Å². The second-order valence-electron chi connectivity index (χ2n) is 7.71. The molecule has 0 heterocycles. The molecule has 24 heavy (non-hydrogen) atoms. The number of carbonyl (C=O) groups is 1. The number of ether oxygens (including phenoxy) is 2. The predicted molar refractivity (Wildman–Crippen MR) is 92.6 cm³/mol.